The van der Waals surface area contributed by atoms with Crippen molar-refractivity contribution in [2.24, 2.45) is 0 Å². The van der Waals surface area contributed by atoms with Gasteiger partial charge in [0.2, 0.25) is 0 Å². The monoisotopic (exact) mass is 375 g/mol. The zero-order chi connectivity index (χ0) is 18.6. The van der Waals surface area contributed by atoms with E-state index in [1.807, 2.05) is 0 Å². The maximum atomic E-state index is 13.1. The van der Waals surface area contributed by atoms with Crippen molar-refractivity contribution in [1.82, 2.24) is 10.2 Å². The number of aromatic carboxylic acids is 1. The maximum Gasteiger partial charge on any atom is 0.337 e. The van der Waals surface area contributed by atoms with Gasteiger partial charge in [-0.2, -0.15) is 5.10 Å². The molecule has 1 aromatic heterocycles. The van der Waals surface area contributed by atoms with Gasteiger partial charge in [-0.05, 0) is 44.2 Å². The molecule has 0 amide bonds. The number of hydrogen-bond donors (Lipinski definition) is 2. The number of H-pyrrole nitrogens is 1. The molecule has 0 bridgehead atoms. The predicted octanol–water partition coefficient (Wildman–Crippen LogP) is 3.19. The van der Waals surface area contributed by atoms with Crippen LogP contribution >= 0.6 is 0 Å². The van der Waals surface area contributed by atoms with Crippen LogP contribution in [-0.2, 0) is 10.0 Å². The van der Waals surface area contributed by atoms with Crippen LogP contribution in [0, 0.1) is 0 Å². The molecule has 1 heterocycles. The summed E-state index contributed by atoms with van der Waals surface area (Å²) >= 11 is 0. The first-order valence-corrected chi connectivity index (χ1v) is 9.96. The molecule has 2 N–H and O–H groups in total. The number of allylic oxidation sites excluding steroid dienone is 1. The SMILES string of the molecule is O=C(O)c1ccccc1N(CCC1=CCCCC1)S(=O)(=O)c1cn[nH]c1. The van der Waals surface area contributed by atoms with Gasteiger partial charge in [0.15, 0.2) is 0 Å². The van der Waals surface area contributed by atoms with Crippen molar-refractivity contribution in [3.8, 4) is 0 Å². The predicted molar refractivity (Wildman–Crippen MR) is 97.7 cm³/mol. The Morgan fingerprint density at radius 3 is 2.73 bits per heavy atom. The van der Waals surface area contributed by atoms with Crippen LogP contribution in [0.5, 0.6) is 0 Å². The molecular weight excluding hydrogens is 354 g/mol. The molecule has 2 aromatic rings. The third kappa shape index (κ3) is 3.80. The van der Waals surface area contributed by atoms with E-state index < -0.39 is 16.0 Å². The summed E-state index contributed by atoms with van der Waals surface area (Å²) in [7, 11) is -3.92. The second-order valence-corrected chi connectivity index (χ2v) is 8.05. The molecule has 0 unspecified atom stereocenters. The molecule has 3 rings (SSSR count). The van der Waals surface area contributed by atoms with E-state index in [0.717, 1.165) is 25.7 Å². The summed E-state index contributed by atoms with van der Waals surface area (Å²) in [5, 5.41) is 15.7. The molecule has 0 spiro atoms. The number of aromatic nitrogens is 2. The molecule has 0 aliphatic heterocycles. The quantitative estimate of drug-likeness (QED) is 0.723. The number of carbonyl (C=O) groups is 1. The number of carboxylic acids is 1. The Balaban J connectivity index is 1.99. The molecule has 26 heavy (non-hydrogen) atoms. The zero-order valence-electron chi connectivity index (χ0n) is 14.3. The highest BCUT2D eigenvalue weighted by Gasteiger charge is 2.29. The second kappa shape index (κ2) is 7.74. The first-order chi connectivity index (χ1) is 12.5. The Labute approximate surface area is 152 Å². The third-order valence-electron chi connectivity index (χ3n) is 4.49. The fourth-order valence-electron chi connectivity index (χ4n) is 3.13. The molecule has 1 aliphatic rings. The Hall–Kier alpha value is -2.61. The number of nitrogens with zero attached hydrogens (tertiary/aromatic N) is 2. The zero-order valence-corrected chi connectivity index (χ0v) is 15.1. The molecule has 0 atom stereocenters. The molecule has 0 saturated heterocycles. The smallest absolute Gasteiger partial charge is 0.337 e. The highest BCUT2D eigenvalue weighted by Crippen LogP contribution is 2.29. The molecule has 7 nitrogen and oxygen atoms in total. The number of rotatable bonds is 7. The normalized spacial score (nSPS) is 14.7. The first kappa shape index (κ1) is 18.2. The van der Waals surface area contributed by atoms with Crippen molar-refractivity contribution in [2.45, 2.75) is 37.0 Å². The fraction of sp³-hybridized carbons (Fsp3) is 0.333. The van der Waals surface area contributed by atoms with E-state index in [-0.39, 0.29) is 22.7 Å². The van der Waals surface area contributed by atoms with E-state index in [0.29, 0.717) is 6.42 Å². The molecule has 0 saturated carbocycles. The Kier molecular flexibility index (Phi) is 5.41. The van der Waals surface area contributed by atoms with Gasteiger partial charge in [0.1, 0.15) is 4.90 Å². The van der Waals surface area contributed by atoms with E-state index >= 15 is 0 Å². The fourth-order valence-corrected chi connectivity index (χ4v) is 4.52. The Morgan fingerprint density at radius 2 is 2.08 bits per heavy atom. The number of nitrogens with one attached hydrogen (secondary N) is 1. The van der Waals surface area contributed by atoms with E-state index in [1.54, 1.807) is 12.1 Å². The van der Waals surface area contributed by atoms with Gasteiger partial charge in [0.05, 0.1) is 17.4 Å². The van der Waals surface area contributed by atoms with E-state index in [2.05, 4.69) is 16.3 Å². The number of anilines is 1. The van der Waals surface area contributed by atoms with Gasteiger partial charge in [0.25, 0.3) is 10.0 Å². The lowest BCUT2D eigenvalue weighted by atomic mass is 9.97. The first-order valence-electron chi connectivity index (χ1n) is 8.52. The largest absolute Gasteiger partial charge is 0.478 e. The van der Waals surface area contributed by atoms with Gasteiger partial charge < -0.3 is 5.11 Å². The molecule has 1 aromatic carbocycles. The number of carboxylic acid groups (broad SMARTS) is 1. The number of para-hydroxylation sites is 1. The highest BCUT2D eigenvalue weighted by atomic mass is 32.2. The molecule has 0 radical (unpaired) electrons. The second-order valence-electron chi connectivity index (χ2n) is 6.19. The molecule has 0 fully saturated rings. The van der Waals surface area contributed by atoms with E-state index in [9.17, 15) is 18.3 Å². The van der Waals surface area contributed by atoms with Crippen molar-refractivity contribution < 1.29 is 18.3 Å². The van der Waals surface area contributed by atoms with Gasteiger partial charge >= 0.3 is 5.97 Å². The van der Waals surface area contributed by atoms with Crippen molar-refractivity contribution in [3.63, 3.8) is 0 Å². The van der Waals surface area contributed by atoms with Gasteiger partial charge in [0, 0.05) is 12.7 Å². The number of aromatic amines is 1. The Bertz CT molecular complexity index is 904. The summed E-state index contributed by atoms with van der Waals surface area (Å²) in [5.74, 6) is -1.16. The summed E-state index contributed by atoms with van der Waals surface area (Å²) in [5.41, 5.74) is 1.34. The molecular formula is C18H21N3O4S. The van der Waals surface area contributed by atoms with Gasteiger partial charge in [-0.3, -0.25) is 9.40 Å². The van der Waals surface area contributed by atoms with Crippen LogP contribution in [0.25, 0.3) is 0 Å². The Morgan fingerprint density at radius 1 is 1.27 bits per heavy atom. The van der Waals surface area contributed by atoms with Crippen LogP contribution in [0.3, 0.4) is 0 Å². The van der Waals surface area contributed by atoms with Gasteiger partial charge in [-0.1, -0.05) is 23.8 Å². The molecule has 138 valence electrons. The standard InChI is InChI=1S/C18H21N3O4S/c22-18(23)16-8-4-5-9-17(16)21(11-10-14-6-2-1-3-7-14)26(24,25)15-12-19-20-13-15/h4-6,8-9,12-13H,1-3,7,10-11H2,(H,19,20)(H,22,23). The average molecular weight is 375 g/mol. The van der Waals surface area contributed by atoms with E-state index in [1.165, 1.54) is 34.4 Å². The summed E-state index contributed by atoms with van der Waals surface area (Å²) in [4.78, 5) is 11.6. The maximum absolute atomic E-state index is 13.1. The summed E-state index contributed by atoms with van der Waals surface area (Å²) < 4.78 is 27.4. The van der Waals surface area contributed by atoms with Crippen molar-refractivity contribution in [2.75, 3.05) is 10.8 Å². The lowest BCUT2D eigenvalue weighted by Gasteiger charge is -2.26. The van der Waals surface area contributed by atoms with Crippen molar-refractivity contribution in [1.29, 1.82) is 0 Å². The summed E-state index contributed by atoms with van der Waals surface area (Å²) in [6, 6.07) is 6.16. The summed E-state index contributed by atoms with van der Waals surface area (Å²) in [6.07, 6.45) is 9.49. The lowest BCUT2D eigenvalue weighted by molar-refractivity contribution is 0.0698. The van der Waals surface area contributed by atoms with Crippen molar-refractivity contribution >= 4 is 21.7 Å². The van der Waals surface area contributed by atoms with Crippen LogP contribution in [-0.4, -0.2) is 36.2 Å². The van der Waals surface area contributed by atoms with Gasteiger partial charge in [-0.25, -0.2) is 13.2 Å². The molecule has 1 aliphatic carbocycles. The van der Waals surface area contributed by atoms with Crippen LogP contribution in [0.2, 0.25) is 0 Å². The average Bonchev–Trinajstić information content (AvgIpc) is 3.18. The van der Waals surface area contributed by atoms with Crippen LogP contribution in [0.1, 0.15) is 42.5 Å². The number of benzene rings is 1. The third-order valence-corrected chi connectivity index (χ3v) is 6.26. The number of sulfonamides is 1. The number of hydrogen-bond acceptors (Lipinski definition) is 4. The van der Waals surface area contributed by atoms with Gasteiger partial charge in [-0.15, -0.1) is 0 Å². The minimum atomic E-state index is -3.92. The highest BCUT2D eigenvalue weighted by molar-refractivity contribution is 7.92. The van der Waals surface area contributed by atoms with Crippen LogP contribution in [0.15, 0.2) is 53.2 Å². The summed E-state index contributed by atoms with van der Waals surface area (Å²) in [6.45, 7) is 0.184. The van der Waals surface area contributed by atoms with E-state index in [4.69, 9.17) is 0 Å². The lowest BCUT2D eigenvalue weighted by Crippen LogP contribution is -2.33. The van der Waals surface area contributed by atoms with Crippen LogP contribution < -0.4 is 4.31 Å². The minimum Gasteiger partial charge on any atom is -0.478 e. The van der Waals surface area contributed by atoms with Crippen LogP contribution in [0.4, 0.5) is 5.69 Å². The topological polar surface area (TPSA) is 103 Å². The van der Waals surface area contributed by atoms with Crippen molar-refractivity contribution in [3.05, 3.63) is 53.9 Å². The minimum absolute atomic E-state index is 0.00955. The molecule has 8 heteroatoms.